The van der Waals surface area contributed by atoms with Gasteiger partial charge in [0, 0.05) is 43.6 Å². The summed E-state index contributed by atoms with van der Waals surface area (Å²) >= 11 is 0. The van der Waals surface area contributed by atoms with Crippen molar-refractivity contribution in [2.75, 3.05) is 31.5 Å². The Labute approximate surface area is 145 Å². The minimum Gasteiger partial charge on any atom is -0.342 e. The van der Waals surface area contributed by atoms with E-state index in [4.69, 9.17) is 0 Å². The molecule has 0 spiro atoms. The van der Waals surface area contributed by atoms with Crippen molar-refractivity contribution in [3.63, 3.8) is 0 Å². The van der Waals surface area contributed by atoms with Crippen molar-refractivity contribution in [1.82, 2.24) is 14.8 Å². The second kappa shape index (κ2) is 7.57. The summed E-state index contributed by atoms with van der Waals surface area (Å²) in [5.74, 6) is -0.534. The summed E-state index contributed by atoms with van der Waals surface area (Å²) in [5.41, 5.74) is 1.27. The van der Waals surface area contributed by atoms with E-state index in [2.05, 4.69) is 10.3 Å². The molecule has 1 aliphatic heterocycles. The molecule has 1 aliphatic rings. The van der Waals surface area contributed by atoms with E-state index >= 15 is 0 Å². The van der Waals surface area contributed by atoms with Crippen LogP contribution in [0.4, 0.5) is 5.69 Å². The third-order valence-electron chi connectivity index (χ3n) is 4.02. The normalized spacial score (nSPS) is 14.1. The third kappa shape index (κ3) is 4.00. The average molecular weight is 338 g/mol. The quantitative estimate of drug-likeness (QED) is 0.851. The number of hydrogen-bond donors (Lipinski definition) is 1. The lowest BCUT2D eigenvalue weighted by Crippen LogP contribution is -2.48. The summed E-state index contributed by atoms with van der Waals surface area (Å²) < 4.78 is 0. The van der Waals surface area contributed by atoms with Gasteiger partial charge in [0.1, 0.15) is 5.69 Å². The summed E-state index contributed by atoms with van der Waals surface area (Å²) in [7, 11) is 0. The molecular weight excluding hydrogens is 320 g/mol. The molecule has 0 atom stereocenters. The van der Waals surface area contributed by atoms with Crippen LogP contribution in [-0.2, 0) is 4.79 Å². The van der Waals surface area contributed by atoms with Gasteiger partial charge in [-0.1, -0.05) is 18.2 Å². The Morgan fingerprint density at radius 2 is 1.76 bits per heavy atom. The molecule has 0 aliphatic carbocycles. The molecule has 1 fully saturated rings. The van der Waals surface area contributed by atoms with Crippen LogP contribution in [0.2, 0.25) is 0 Å². The van der Waals surface area contributed by atoms with E-state index in [0.29, 0.717) is 37.4 Å². The summed E-state index contributed by atoms with van der Waals surface area (Å²) in [6, 6.07) is 12.2. The van der Waals surface area contributed by atoms with Crippen LogP contribution in [0.15, 0.2) is 48.7 Å². The fraction of sp³-hybridized carbons (Fsp3) is 0.222. The number of benzene rings is 1. The van der Waals surface area contributed by atoms with E-state index in [1.165, 1.54) is 12.3 Å². The van der Waals surface area contributed by atoms with Gasteiger partial charge in [0.15, 0.2) is 0 Å². The molecule has 3 rings (SSSR count). The van der Waals surface area contributed by atoms with Crippen LogP contribution in [0.25, 0.3) is 0 Å². The zero-order valence-corrected chi connectivity index (χ0v) is 13.6. The molecule has 128 valence electrons. The van der Waals surface area contributed by atoms with Gasteiger partial charge in [0.25, 0.3) is 11.8 Å². The number of piperazine rings is 1. The fourth-order valence-electron chi connectivity index (χ4n) is 2.61. The number of carbonyl (C=O) groups excluding carboxylic acids is 3. The van der Waals surface area contributed by atoms with E-state index in [9.17, 15) is 14.4 Å². The first-order chi connectivity index (χ1) is 12.2. The van der Waals surface area contributed by atoms with E-state index in [1.807, 2.05) is 18.2 Å². The first-order valence-corrected chi connectivity index (χ1v) is 7.98. The Bertz CT molecular complexity index is 771. The number of hydrogen-bond acceptors (Lipinski definition) is 4. The average Bonchev–Trinajstić information content (AvgIpc) is 2.68. The van der Waals surface area contributed by atoms with Crippen molar-refractivity contribution in [2.45, 2.75) is 0 Å². The molecule has 3 amide bonds. The number of carbonyl (C=O) groups is 3. The van der Waals surface area contributed by atoms with E-state index in [1.54, 1.807) is 28.0 Å². The largest absolute Gasteiger partial charge is 0.342 e. The predicted octanol–water partition coefficient (Wildman–Crippen LogP) is 1.25. The fourth-order valence-corrected chi connectivity index (χ4v) is 2.61. The topological polar surface area (TPSA) is 82.6 Å². The van der Waals surface area contributed by atoms with Gasteiger partial charge in [-0.25, -0.2) is 0 Å². The second-order valence-electron chi connectivity index (χ2n) is 5.68. The van der Waals surface area contributed by atoms with Crippen LogP contribution >= 0.6 is 0 Å². The van der Waals surface area contributed by atoms with Crippen LogP contribution < -0.4 is 5.32 Å². The molecule has 1 aromatic carbocycles. The lowest BCUT2D eigenvalue weighted by Gasteiger charge is -2.32. The van der Waals surface area contributed by atoms with Crippen LogP contribution in [0.1, 0.15) is 20.8 Å². The Morgan fingerprint density at radius 3 is 2.44 bits per heavy atom. The minimum atomic E-state index is -0.298. The first-order valence-electron chi connectivity index (χ1n) is 7.98. The highest BCUT2D eigenvalue weighted by Crippen LogP contribution is 2.11. The number of nitrogens with zero attached hydrogens (tertiary/aromatic N) is 3. The van der Waals surface area contributed by atoms with E-state index < -0.39 is 0 Å². The Kier molecular flexibility index (Phi) is 5.03. The van der Waals surface area contributed by atoms with Crippen molar-refractivity contribution in [3.05, 3.63) is 59.9 Å². The lowest BCUT2D eigenvalue weighted by atomic mass is 10.2. The highest BCUT2D eigenvalue weighted by molar-refractivity contribution is 6.05. The van der Waals surface area contributed by atoms with Crippen LogP contribution in [0.3, 0.4) is 0 Å². The molecule has 0 unspecified atom stereocenters. The van der Waals surface area contributed by atoms with E-state index in [-0.39, 0.29) is 17.5 Å². The highest BCUT2D eigenvalue weighted by Gasteiger charge is 2.22. The monoisotopic (exact) mass is 338 g/mol. The molecule has 2 heterocycles. The van der Waals surface area contributed by atoms with Gasteiger partial charge in [-0.2, -0.15) is 0 Å². The van der Waals surface area contributed by atoms with E-state index in [0.717, 1.165) is 6.41 Å². The number of amides is 3. The Hall–Kier alpha value is -3.22. The third-order valence-corrected chi connectivity index (χ3v) is 4.02. The zero-order chi connectivity index (χ0) is 17.6. The molecule has 2 aromatic rings. The second-order valence-corrected chi connectivity index (χ2v) is 5.68. The Balaban J connectivity index is 1.69. The van der Waals surface area contributed by atoms with Gasteiger partial charge in [-0.05, 0) is 24.3 Å². The maximum atomic E-state index is 12.6. The molecule has 1 N–H and O–H groups in total. The molecule has 0 saturated carbocycles. The minimum absolute atomic E-state index is 0.222. The van der Waals surface area contributed by atoms with Crippen molar-refractivity contribution in [1.29, 1.82) is 0 Å². The van der Waals surface area contributed by atoms with Gasteiger partial charge >= 0.3 is 0 Å². The van der Waals surface area contributed by atoms with Crippen LogP contribution in [-0.4, -0.2) is 59.2 Å². The number of aromatic nitrogens is 1. The predicted molar refractivity (Wildman–Crippen MR) is 92.2 cm³/mol. The van der Waals surface area contributed by atoms with Gasteiger partial charge in [-0.3, -0.25) is 19.4 Å². The standard InChI is InChI=1S/C18H18N4O3/c23-13-21-8-10-22(11-9-21)18(25)16-12-14(6-7-19-16)17(24)20-15-4-2-1-3-5-15/h1-7,12-13H,8-11H2,(H,20,24). The molecule has 7 nitrogen and oxygen atoms in total. The maximum Gasteiger partial charge on any atom is 0.272 e. The summed E-state index contributed by atoms with van der Waals surface area (Å²) in [6.07, 6.45) is 2.24. The zero-order valence-electron chi connectivity index (χ0n) is 13.6. The number of anilines is 1. The SMILES string of the molecule is O=CN1CCN(C(=O)c2cc(C(=O)Nc3ccccc3)ccn2)CC1. The molecule has 0 radical (unpaired) electrons. The van der Waals surface area contributed by atoms with Gasteiger partial charge < -0.3 is 15.1 Å². The van der Waals surface area contributed by atoms with Gasteiger partial charge in [-0.15, -0.1) is 0 Å². The molecule has 1 aromatic heterocycles. The van der Waals surface area contributed by atoms with Crippen molar-refractivity contribution < 1.29 is 14.4 Å². The number of nitrogens with one attached hydrogen (secondary N) is 1. The molecule has 1 saturated heterocycles. The number of pyridine rings is 1. The van der Waals surface area contributed by atoms with Gasteiger partial charge in [0.2, 0.25) is 6.41 Å². The van der Waals surface area contributed by atoms with Crippen LogP contribution in [0.5, 0.6) is 0 Å². The maximum absolute atomic E-state index is 12.6. The Morgan fingerprint density at radius 1 is 1.04 bits per heavy atom. The molecule has 0 bridgehead atoms. The summed E-state index contributed by atoms with van der Waals surface area (Å²) in [6.45, 7) is 1.92. The summed E-state index contributed by atoms with van der Waals surface area (Å²) in [4.78, 5) is 43.0. The first kappa shape index (κ1) is 16.6. The highest BCUT2D eigenvalue weighted by atomic mass is 16.2. The van der Waals surface area contributed by atoms with Crippen molar-refractivity contribution in [2.24, 2.45) is 0 Å². The molecule has 7 heteroatoms. The lowest BCUT2D eigenvalue weighted by molar-refractivity contribution is -0.119. The van der Waals surface area contributed by atoms with Crippen molar-refractivity contribution in [3.8, 4) is 0 Å². The van der Waals surface area contributed by atoms with Crippen molar-refractivity contribution >= 4 is 23.9 Å². The number of para-hydroxylation sites is 1. The van der Waals surface area contributed by atoms with Gasteiger partial charge in [0.05, 0.1) is 0 Å². The smallest absolute Gasteiger partial charge is 0.272 e. The molecule has 25 heavy (non-hydrogen) atoms. The van der Waals surface area contributed by atoms with Crippen LogP contribution in [0, 0.1) is 0 Å². The molecular formula is C18H18N4O3. The summed E-state index contributed by atoms with van der Waals surface area (Å²) in [5, 5.41) is 2.78. The number of rotatable bonds is 4.